The van der Waals surface area contributed by atoms with E-state index in [1.807, 2.05) is 13.8 Å². The zero-order chi connectivity index (χ0) is 10.9. The van der Waals surface area contributed by atoms with Gasteiger partial charge in [-0.2, -0.15) is 0 Å². The first-order valence-corrected chi connectivity index (χ1v) is 5.80. The highest BCUT2D eigenvalue weighted by atomic mass is 16.5. The molecular formula is C11H20N2O2. The molecule has 0 aromatic heterocycles. The molecule has 4 nitrogen and oxygen atoms in total. The molecule has 1 aliphatic heterocycles. The van der Waals surface area contributed by atoms with Gasteiger partial charge in [0.25, 0.3) is 0 Å². The predicted octanol–water partition coefficient (Wildman–Crippen LogP) is 1.41. The van der Waals surface area contributed by atoms with Crippen LogP contribution in [-0.2, 0) is 4.74 Å². The van der Waals surface area contributed by atoms with Crippen molar-refractivity contribution in [3.05, 3.63) is 0 Å². The van der Waals surface area contributed by atoms with Crippen LogP contribution in [0.1, 0.15) is 39.5 Å². The highest BCUT2D eigenvalue weighted by Crippen LogP contribution is 2.25. The van der Waals surface area contributed by atoms with Gasteiger partial charge in [0, 0.05) is 12.6 Å². The minimum absolute atomic E-state index is 0.0421. The molecule has 0 spiro atoms. The maximum absolute atomic E-state index is 11.7. The van der Waals surface area contributed by atoms with Crippen LogP contribution in [-0.4, -0.2) is 30.3 Å². The van der Waals surface area contributed by atoms with Crippen molar-refractivity contribution in [2.45, 2.75) is 57.2 Å². The number of ether oxygens (including phenoxy) is 1. The largest absolute Gasteiger partial charge is 0.376 e. The van der Waals surface area contributed by atoms with Crippen LogP contribution in [0.15, 0.2) is 0 Å². The lowest BCUT2D eigenvalue weighted by molar-refractivity contribution is 0.0907. The van der Waals surface area contributed by atoms with Gasteiger partial charge in [0.05, 0.1) is 11.6 Å². The van der Waals surface area contributed by atoms with Crippen LogP contribution in [0.3, 0.4) is 0 Å². The van der Waals surface area contributed by atoms with Crippen molar-refractivity contribution < 1.29 is 9.53 Å². The van der Waals surface area contributed by atoms with Crippen LogP contribution >= 0.6 is 0 Å². The fraction of sp³-hybridized carbons (Fsp3) is 0.909. The number of nitrogens with one attached hydrogen (secondary N) is 2. The van der Waals surface area contributed by atoms with E-state index >= 15 is 0 Å². The standard InChI is InChI=1S/C11H20N2O2/c1-8-11(2,6-7-15-8)13-10(14)12-9-4-3-5-9/h8-9H,3-7H2,1-2H3,(H2,12,13,14). The number of carbonyl (C=O) groups excluding carboxylic acids is 1. The van der Waals surface area contributed by atoms with Gasteiger partial charge in [-0.3, -0.25) is 0 Å². The molecule has 1 heterocycles. The topological polar surface area (TPSA) is 50.4 Å². The summed E-state index contributed by atoms with van der Waals surface area (Å²) >= 11 is 0. The van der Waals surface area contributed by atoms with Crippen molar-refractivity contribution in [2.75, 3.05) is 6.61 Å². The van der Waals surface area contributed by atoms with Crippen molar-refractivity contribution in [3.63, 3.8) is 0 Å². The smallest absolute Gasteiger partial charge is 0.315 e. The summed E-state index contributed by atoms with van der Waals surface area (Å²) < 4.78 is 5.47. The lowest BCUT2D eigenvalue weighted by atomic mass is 9.93. The quantitative estimate of drug-likeness (QED) is 0.727. The van der Waals surface area contributed by atoms with Gasteiger partial charge < -0.3 is 15.4 Å². The molecule has 86 valence electrons. The first-order valence-electron chi connectivity index (χ1n) is 5.80. The third kappa shape index (κ3) is 2.25. The summed E-state index contributed by atoms with van der Waals surface area (Å²) in [5.74, 6) is 0. The molecule has 0 bridgehead atoms. The lowest BCUT2D eigenvalue weighted by Gasteiger charge is -2.32. The molecule has 0 aromatic carbocycles. The maximum Gasteiger partial charge on any atom is 0.315 e. The summed E-state index contributed by atoms with van der Waals surface area (Å²) in [7, 11) is 0. The minimum Gasteiger partial charge on any atom is -0.376 e. The van der Waals surface area contributed by atoms with Crippen LogP contribution in [0.4, 0.5) is 4.79 Å². The Balaban J connectivity index is 1.81. The molecule has 1 saturated carbocycles. The monoisotopic (exact) mass is 212 g/mol. The molecule has 0 radical (unpaired) electrons. The second kappa shape index (κ2) is 4.00. The first kappa shape index (κ1) is 10.7. The van der Waals surface area contributed by atoms with Crippen LogP contribution in [0.2, 0.25) is 0 Å². The number of urea groups is 1. The molecule has 2 unspecified atom stereocenters. The molecule has 0 aromatic rings. The van der Waals surface area contributed by atoms with Crippen molar-refractivity contribution >= 4 is 6.03 Å². The molecule has 2 amide bonds. The molecular weight excluding hydrogens is 192 g/mol. The normalized spacial score (nSPS) is 36.0. The van der Waals surface area contributed by atoms with Gasteiger partial charge in [0.1, 0.15) is 0 Å². The highest BCUT2D eigenvalue weighted by Gasteiger charge is 2.38. The maximum atomic E-state index is 11.7. The zero-order valence-corrected chi connectivity index (χ0v) is 9.51. The SMILES string of the molecule is CC1OCCC1(C)NC(=O)NC1CCC1. The van der Waals surface area contributed by atoms with E-state index in [0.717, 1.165) is 25.9 Å². The van der Waals surface area contributed by atoms with Gasteiger partial charge in [-0.1, -0.05) is 0 Å². The van der Waals surface area contributed by atoms with Gasteiger partial charge >= 0.3 is 6.03 Å². The Morgan fingerprint density at radius 1 is 1.47 bits per heavy atom. The summed E-state index contributed by atoms with van der Waals surface area (Å²) in [4.78, 5) is 11.7. The Hall–Kier alpha value is -0.770. The summed E-state index contributed by atoms with van der Waals surface area (Å²) in [6.45, 7) is 4.79. The first-order chi connectivity index (χ1) is 7.10. The van der Waals surface area contributed by atoms with Gasteiger partial charge in [-0.05, 0) is 39.5 Å². The van der Waals surface area contributed by atoms with E-state index < -0.39 is 0 Å². The average molecular weight is 212 g/mol. The van der Waals surface area contributed by atoms with Gasteiger partial charge in [-0.25, -0.2) is 4.79 Å². The second-order valence-corrected chi connectivity index (χ2v) is 4.91. The summed E-state index contributed by atoms with van der Waals surface area (Å²) in [6.07, 6.45) is 4.48. The van der Waals surface area contributed by atoms with Crippen molar-refractivity contribution in [2.24, 2.45) is 0 Å². The second-order valence-electron chi connectivity index (χ2n) is 4.91. The van der Waals surface area contributed by atoms with Gasteiger partial charge in [0.2, 0.25) is 0 Å². The van der Waals surface area contributed by atoms with Gasteiger partial charge in [0.15, 0.2) is 0 Å². The molecule has 2 atom stereocenters. The van der Waals surface area contributed by atoms with Crippen molar-refractivity contribution in [1.29, 1.82) is 0 Å². The van der Waals surface area contributed by atoms with E-state index in [2.05, 4.69) is 10.6 Å². The van der Waals surface area contributed by atoms with E-state index in [1.54, 1.807) is 0 Å². The molecule has 1 aliphatic carbocycles. The van der Waals surface area contributed by atoms with E-state index in [4.69, 9.17) is 4.74 Å². The summed E-state index contributed by atoms with van der Waals surface area (Å²) in [5, 5.41) is 6.01. The molecule has 1 saturated heterocycles. The third-order valence-corrected chi connectivity index (χ3v) is 3.73. The molecule has 15 heavy (non-hydrogen) atoms. The van der Waals surface area contributed by atoms with Crippen molar-refractivity contribution in [3.8, 4) is 0 Å². The fourth-order valence-corrected chi connectivity index (χ4v) is 2.03. The number of amides is 2. The Kier molecular flexibility index (Phi) is 2.87. The van der Waals surface area contributed by atoms with E-state index in [-0.39, 0.29) is 17.7 Å². The molecule has 2 fully saturated rings. The number of hydrogen-bond donors (Lipinski definition) is 2. The Labute approximate surface area is 90.8 Å². The minimum atomic E-state index is -0.201. The molecule has 2 N–H and O–H groups in total. The predicted molar refractivity (Wildman–Crippen MR) is 57.7 cm³/mol. The molecule has 4 heteroatoms. The van der Waals surface area contributed by atoms with E-state index in [0.29, 0.717) is 6.04 Å². The summed E-state index contributed by atoms with van der Waals surface area (Å²) in [6, 6.07) is 0.353. The van der Waals surface area contributed by atoms with Crippen LogP contribution in [0.5, 0.6) is 0 Å². The highest BCUT2D eigenvalue weighted by molar-refractivity contribution is 5.75. The Bertz CT molecular complexity index is 253. The zero-order valence-electron chi connectivity index (χ0n) is 9.51. The Morgan fingerprint density at radius 3 is 2.67 bits per heavy atom. The number of hydrogen-bond acceptors (Lipinski definition) is 2. The van der Waals surface area contributed by atoms with Gasteiger partial charge in [-0.15, -0.1) is 0 Å². The number of carbonyl (C=O) groups is 1. The lowest BCUT2D eigenvalue weighted by Crippen LogP contribution is -2.56. The average Bonchev–Trinajstić information content (AvgIpc) is 2.40. The fourth-order valence-electron chi connectivity index (χ4n) is 2.03. The molecule has 2 aliphatic rings. The number of rotatable bonds is 2. The van der Waals surface area contributed by atoms with Crippen LogP contribution in [0.25, 0.3) is 0 Å². The van der Waals surface area contributed by atoms with Crippen LogP contribution < -0.4 is 10.6 Å². The van der Waals surface area contributed by atoms with Crippen molar-refractivity contribution in [1.82, 2.24) is 10.6 Å². The van der Waals surface area contributed by atoms with E-state index in [9.17, 15) is 4.79 Å². The third-order valence-electron chi connectivity index (χ3n) is 3.73. The van der Waals surface area contributed by atoms with Crippen LogP contribution in [0, 0.1) is 0 Å². The van der Waals surface area contributed by atoms with E-state index in [1.165, 1.54) is 6.42 Å². The summed E-state index contributed by atoms with van der Waals surface area (Å²) in [5.41, 5.74) is -0.201. The molecule has 2 rings (SSSR count). The Morgan fingerprint density at radius 2 is 2.20 bits per heavy atom.